The standard InChI is InChI=1S/C13H18N6O/c1-3-4-14-12-8-15-11(7-16-12)13(20)19(2)9-10-5-17-18-6-10/h5-8H,3-4,9H2,1-2H3,(H,14,16)(H,17,18). The van der Waals surface area contributed by atoms with Crippen molar-refractivity contribution in [1.82, 2.24) is 25.1 Å². The van der Waals surface area contributed by atoms with Gasteiger partial charge in [-0.25, -0.2) is 9.97 Å². The van der Waals surface area contributed by atoms with Gasteiger partial charge in [0.1, 0.15) is 11.5 Å². The van der Waals surface area contributed by atoms with Crippen LogP contribution >= 0.6 is 0 Å². The Balaban J connectivity index is 1.97. The fraction of sp³-hybridized carbons (Fsp3) is 0.385. The zero-order chi connectivity index (χ0) is 14.4. The molecule has 0 radical (unpaired) electrons. The maximum atomic E-state index is 12.2. The first-order valence-corrected chi connectivity index (χ1v) is 6.49. The quantitative estimate of drug-likeness (QED) is 0.829. The van der Waals surface area contributed by atoms with Crippen molar-refractivity contribution >= 4 is 11.7 Å². The third-order valence-electron chi connectivity index (χ3n) is 2.75. The molecule has 2 rings (SSSR count). The lowest BCUT2D eigenvalue weighted by Crippen LogP contribution is -2.27. The first kappa shape index (κ1) is 14.0. The van der Waals surface area contributed by atoms with Crippen molar-refractivity contribution in [3.05, 3.63) is 36.0 Å². The SMILES string of the molecule is CCCNc1cnc(C(=O)N(C)Cc2cn[nH]c2)cn1. The van der Waals surface area contributed by atoms with Gasteiger partial charge in [0.25, 0.3) is 5.91 Å². The largest absolute Gasteiger partial charge is 0.369 e. The van der Waals surface area contributed by atoms with Crippen LogP contribution in [0.4, 0.5) is 5.82 Å². The number of amides is 1. The van der Waals surface area contributed by atoms with E-state index >= 15 is 0 Å². The summed E-state index contributed by atoms with van der Waals surface area (Å²) < 4.78 is 0. The lowest BCUT2D eigenvalue weighted by atomic mass is 10.3. The number of aromatic amines is 1. The highest BCUT2D eigenvalue weighted by Gasteiger charge is 2.14. The van der Waals surface area contributed by atoms with Crippen LogP contribution in [-0.4, -0.2) is 44.6 Å². The predicted octanol–water partition coefficient (Wildman–Crippen LogP) is 1.29. The Morgan fingerprint density at radius 2 is 2.20 bits per heavy atom. The van der Waals surface area contributed by atoms with Gasteiger partial charge in [0.2, 0.25) is 0 Å². The Morgan fingerprint density at radius 3 is 2.80 bits per heavy atom. The lowest BCUT2D eigenvalue weighted by Gasteiger charge is -2.15. The molecule has 0 saturated heterocycles. The van der Waals surface area contributed by atoms with E-state index in [2.05, 4.69) is 32.4 Å². The smallest absolute Gasteiger partial charge is 0.274 e. The highest BCUT2D eigenvalue weighted by atomic mass is 16.2. The van der Waals surface area contributed by atoms with E-state index < -0.39 is 0 Å². The molecule has 0 atom stereocenters. The van der Waals surface area contributed by atoms with Gasteiger partial charge in [-0.2, -0.15) is 5.10 Å². The maximum Gasteiger partial charge on any atom is 0.274 e. The van der Waals surface area contributed by atoms with E-state index in [1.165, 1.54) is 6.20 Å². The van der Waals surface area contributed by atoms with Gasteiger partial charge in [0.15, 0.2) is 0 Å². The van der Waals surface area contributed by atoms with Gasteiger partial charge in [0, 0.05) is 31.9 Å². The highest BCUT2D eigenvalue weighted by Crippen LogP contribution is 2.06. The normalized spacial score (nSPS) is 10.3. The third-order valence-corrected chi connectivity index (χ3v) is 2.75. The fourth-order valence-electron chi connectivity index (χ4n) is 1.69. The molecule has 7 nitrogen and oxygen atoms in total. The van der Waals surface area contributed by atoms with Gasteiger partial charge in [-0.05, 0) is 6.42 Å². The number of aromatic nitrogens is 4. The molecule has 0 aromatic carbocycles. The molecule has 0 aliphatic rings. The van der Waals surface area contributed by atoms with E-state index in [0.717, 1.165) is 18.5 Å². The van der Waals surface area contributed by atoms with Crippen molar-refractivity contribution in [2.45, 2.75) is 19.9 Å². The molecule has 1 amide bonds. The summed E-state index contributed by atoms with van der Waals surface area (Å²) in [6, 6.07) is 0. The number of anilines is 1. The van der Waals surface area contributed by atoms with Crippen molar-refractivity contribution in [2.24, 2.45) is 0 Å². The molecule has 20 heavy (non-hydrogen) atoms. The first-order chi connectivity index (χ1) is 9.70. The summed E-state index contributed by atoms with van der Waals surface area (Å²) in [6.45, 7) is 3.39. The molecule has 106 valence electrons. The van der Waals surface area contributed by atoms with Crippen LogP contribution in [0.15, 0.2) is 24.8 Å². The number of hydrogen-bond acceptors (Lipinski definition) is 5. The van der Waals surface area contributed by atoms with Crippen LogP contribution in [0.5, 0.6) is 0 Å². The molecular weight excluding hydrogens is 256 g/mol. The molecular formula is C13H18N6O. The van der Waals surface area contributed by atoms with E-state index in [1.54, 1.807) is 30.5 Å². The second kappa shape index (κ2) is 6.65. The minimum absolute atomic E-state index is 0.166. The monoisotopic (exact) mass is 274 g/mol. The summed E-state index contributed by atoms with van der Waals surface area (Å²) in [5.41, 5.74) is 1.27. The highest BCUT2D eigenvalue weighted by molar-refractivity contribution is 5.91. The zero-order valence-electron chi connectivity index (χ0n) is 11.6. The summed E-state index contributed by atoms with van der Waals surface area (Å²) in [5, 5.41) is 9.68. The Kier molecular flexibility index (Phi) is 4.65. The van der Waals surface area contributed by atoms with Crippen LogP contribution < -0.4 is 5.32 Å². The van der Waals surface area contributed by atoms with Crippen LogP contribution in [0, 0.1) is 0 Å². The summed E-state index contributed by atoms with van der Waals surface area (Å²) in [7, 11) is 1.72. The van der Waals surface area contributed by atoms with Crippen LogP contribution in [0.25, 0.3) is 0 Å². The summed E-state index contributed by atoms with van der Waals surface area (Å²) in [4.78, 5) is 22.1. The minimum atomic E-state index is -0.166. The molecule has 2 aromatic rings. The molecule has 0 bridgehead atoms. The minimum Gasteiger partial charge on any atom is -0.369 e. The van der Waals surface area contributed by atoms with Crippen molar-refractivity contribution in [1.29, 1.82) is 0 Å². The Hall–Kier alpha value is -2.44. The van der Waals surface area contributed by atoms with Crippen molar-refractivity contribution < 1.29 is 4.79 Å². The molecule has 0 saturated carbocycles. The molecule has 2 heterocycles. The Bertz CT molecular complexity index is 536. The van der Waals surface area contributed by atoms with Crippen molar-refractivity contribution in [3.63, 3.8) is 0 Å². The van der Waals surface area contributed by atoms with Crippen LogP contribution in [-0.2, 0) is 6.54 Å². The number of nitrogens with one attached hydrogen (secondary N) is 2. The average molecular weight is 274 g/mol. The number of rotatable bonds is 6. The molecule has 0 fully saturated rings. The van der Waals surface area contributed by atoms with Gasteiger partial charge < -0.3 is 10.2 Å². The van der Waals surface area contributed by atoms with Gasteiger partial charge in [-0.15, -0.1) is 0 Å². The second-order valence-electron chi connectivity index (χ2n) is 4.48. The molecule has 7 heteroatoms. The lowest BCUT2D eigenvalue weighted by molar-refractivity contribution is 0.0779. The number of carbonyl (C=O) groups is 1. The molecule has 2 aromatic heterocycles. The Labute approximate surface area is 117 Å². The second-order valence-corrected chi connectivity index (χ2v) is 4.48. The summed E-state index contributed by atoms with van der Waals surface area (Å²) in [6.07, 6.45) is 7.52. The summed E-state index contributed by atoms with van der Waals surface area (Å²) >= 11 is 0. The number of carbonyl (C=O) groups excluding carboxylic acids is 1. The van der Waals surface area contributed by atoms with Gasteiger partial charge in [-0.3, -0.25) is 9.89 Å². The van der Waals surface area contributed by atoms with Crippen molar-refractivity contribution in [2.75, 3.05) is 18.9 Å². The van der Waals surface area contributed by atoms with E-state index in [9.17, 15) is 4.79 Å². The number of nitrogens with zero attached hydrogens (tertiary/aromatic N) is 4. The average Bonchev–Trinajstić information content (AvgIpc) is 2.97. The topological polar surface area (TPSA) is 86.8 Å². The first-order valence-electron chi connectivity index (χ1n) is 6.49. The van der Waals surface area contributed by atoms with Crippen LogP contribution in [0.3, 0.4) is 0 Å². The molecule has 0 aliphatic carbocycles. The number of H-pyrrole nitrogens is 1. The van der Waals surface area contributed by atoms with Crippen molar-refractivity contribution in [3.8, 4) is 0 Å². The van der Waals surface area contributed by atoms with Gasteiger partial charge in [0.05, 0.1) is 18.6 Å². The fourth-order valence-corrected chi connectivity index (χ4v) is 1.69. The maximum absolute atomic E-state index is 12.2. The van der Waals surface area contributed by atoms with E-state index in [4.69, 9.17) is 0 Å². The van der Waals surface area contributed by atoms with Gasteiger partial charge >= 0.3 is 0 Å². The molecule has 0 aliphatic heterocycles. The molecule has 0 unspecified atom stereocenters. The molecule has 2 N–H and O–H groups in total. The predicted molar refractivity (Wildman–Crippen MR) is 75.2 cm³/mol. The van der Waals surface area contributed by atoms with Gasteiger partial charge in [-0.1, -0.05) is 6.92 Å². The van der Waals surface area contributed by atoms with E-state index in [-0.39, 0.29) is 5.91 Å². The summed E-state index contributed by atoms with van der Waals surface area (Å²) in [5.74, 6) is 0.515. The zero-order valence-corrected chi connectivity index (χ0v) is 11.6. The molecule has 0 spiro atoms. The third kappa shape index (κ3) is 3.53. The Morgan fingerprint density at radius 1 is 1.35 bits per heavy atom. The number of hydrogen-bond donors (Lipinski definition) is 2. The van der Waals surface area contributed by atoms with Crippen LogP contribution in [0.2, 0.25) is 0 Å². The van der Waals surface area contributed by atoms with Crippen LogP contribution in [0.1, 0.15) is 29.4 Å². The van der Waals surface area contributed by atoms with E-state index in [1.807, 2.05) is 0 Å². The van der Waals surface area contributed by atoms with E-state index in [0.29, 0.717) is 18.1 Å².